The number of sulfonamides is 1. The molecule has 0 bridgehead atoms. The van der Waals surface area contributed by atoms with Gasteiger partial charge in [0, 0.05) is 13.6 Å². The lowest BCUT2D eigenvalue weighted by atomic mass is 10.1. The monoisotopic (exact) mass is 271 g/mol. The molecule has 0 aromatic heterocycles. The Labute approximate surface area is 107 Å². The van der Waals surface area contributed by atoms with Crippen molar-refractivity contribution in [1.29, 1.82) is 0 Å². The van der Waals surface area contributed by atoms with Crippen molar-refractivity contribution in [3.63, 3.8) is 0 Å². The molecule has 6 heteroatoms. The Kier molecular flexibility index (Phi) is 4.86. The van der Waals surface area contributed by atoms with Gasteiger partial charge in [0.1, 0.15) is 0 Å². The van der Waals surface area contributed by atoms with Crippen LogP contribution in [0.25, 0.3) is 0 Å². The van der Waals surface area contributed by atoms with Gasteiger partial charge in [-0.25, -0.2) is 17.5 Å². The Morgan fingerprint density at radius 3 is 2.50 bits per heavy atom. The molecule has 1 N–H and O–H groups in total. The van der Waals surface area contributed by atoms with Crippen molar-refractivity contribution in [1.82, 2.24) is 4.31 Å². The van der Waals surface area contributed by atoms with E-state index in [4.69, 9.17) is 5.11 Å². The molecule has 0 saturated heterocycles. The number of benzene rings is 1. The van der Waals surface area contributed by atoms with Crippen LogP contribution in [0.1, 0.15) is 22.8 Å². The largest absolute Gasteiger partial charge is 0.478 e. The lowest BCUT2D eigenvalue weighted by Gasteiger charge is -2.16. The van der Waals surface area contributed by atoms with Gasteiger partial charge in [-0.3, -0.25) is 0 Å². The zero-order valence-electron chi connectivity index (χ0n) is 10.5. The number of hydrogen-bond acceptors (Lipinski definition) is 3. The van der Waals surface area contributed by atoms with E-state index in [9.17, 15) is 13.2 Å². The number of carbonyl (C=O) groups is 1. The Balaban J connectivity index is 2.79. The number of hydrogen-bond donors (Lipinski definition) is 1. The molecule has 0 amide bonds. The number of carboxylic acid groups (broad SMARTS) is 1. The molecule has 0 aliphatic carbocycles. The van der Waals surface area contributed by atoms with Crippen molar-refractivity contribution in [3.8, 4) is 0 Å². The number of carboxylic acids is 1. The first-order valence-corrected chi connectivity index (χ1v) is 7.24. The standard InChI is InChI=1S/C12H17NO4S/c1-3-18(16,17)13(2)9-8-10-6-4-5-7-11(10)12(14)15/h4-7H,3,8-9H2,1-2H3,(H,14,15). The first-order valence-electron chi connectivity index (χ1n) is 5.63. The Morgan fingerprint density at radius 2 is 1.94 bits per heavy atom. The maximum absolute atomic E-state index is 11.5. The van der Waals surface area contributed by atoms with Crippen LogP contribution in [0.5, 0.6) is 0 Å². The van der Waals surface area contributed by atoms with Crippen LogP contribution in [-0.2, 0) is 16.4 Å². The van der Waals surface area contributed by atoms with Crippen LogP contribution in [0, 0.1) is 0 Å². The third-order valence-electron chi connectivity index (χ3n) is 2.78. The minimum absolute atomic E-state index is 0.0457. The van der Waals surface area contributed by atoms with E-state index in [1.807, 2.05) is 0 Å². The first kappa shape index (κ1) is 14.7. The zero-order valence-corrected chi connectivity index (χ0v) is 11.3. The van der Waals surface area contributed by atoms with Gasteiger partial charge in [0.25, 0.3) is 0 Å². The van der Waals surface area contributed by atoms with E-state index >= 15 is 0 Å². The van der Waals surface area contributed by atoms with Crippen LogP contribution in [0.4, 0.5) is 0 Å². The van der Waals surface area contributed by atoms with Gasteiger partial charge in [-0.15, -0.1) is 0 Å². The molecule has 0 aliphatic rings. The molecule has 0 radical (unpaired) electrons. The normalized spacial score (nSPS) is 11.7. The molecule has 1 aromatic rings. The summed E-state index contributed by atoms with van der Waals surface area (Å²) in [5.41, 5.74) is 0.864. The Bertz CT molecular complexity index is 525. The molecule has 0 saturated carbocycles. The maximum atomic E-state index is 11.5. The van der Waals surface area contributed by atoms with Crippen molar-refractivity contribution < 1.29 is 18.3 Å². The third-order valence-corrected chi connectivity index (χ3v) is 4.65. The minimum Gasteiger partial charge on any atom is -0.478 e. The van der Waals surface area contributed by atoms with E-state index < -0.39 is 16.0 Å². The average molecular weight is 271 g/mol. The molecule has 0 heterocycles. The molecule has 5 nitrogen and oxygen atoms in total. The van der Waals surface area contributed by atoms with Crippen molar-refractivity contribution in [2.75, 3.05) is 19.3 Å². The number of likely N-dealkylation sites (N-methyl/N-ethyl adjacent to an activating group) is 1. The fourth-order valence-electron chi connectivity index (χ4n) is 1.58. The summed E-state index contributed by atoms with van der Waals surface area (Å²) in [4.78, 5) is 11.0. The molecule has 0 atom stereocenters. The summed E-state index contributed by atoms with van der Waals surface area (Å²) >= 11 is 0. The second-order valence-electron chi connectivity index (χ2n) is 3.93. The molecular formula is C12H17NO4S. The van der Waals surface area contributed by atoms with Crippen molar-refractivity contribution in [3.05, 3.63) is 35.4 Å². The Hall–Kier alpha value is -1.40. The summed E-state index contributed by atoms with van der Waals surface area (Å²) in [6, 6.07) is 6.62. The van der Waals surface area contributed by atoms with Crippen LogP contribution in [0.2, 0.25) is 0 Å². The molecule has 0 spiro atoms. The number of nitrogens with zero attached hydrogens (tertiary/aromatic N) is 1. The summed E-state index contributed by atoms with van der Waals surface area (Å²) in [6.07, 6.45) is 0.387. The molecule has 0 fully saturated rings. The van der Waals surface area contributed by atoms with Gasteiger partial charge in [-0.1, -0.05) is 18.2 Å². The van der Waals surface area contributed by atoms with Crippen molar-refractivity contribution in [2.24, 2.45) is 0 Å². The lowest BCUT2D eigenvalue weighted by Crippen LogP contribution is -2.30. The van der Waals surface area contributed by atoms with Gasteiger partial charge in [0.05, 0.1) is 11.3 Å². The van der Waals surface area contributed by atoms with E-state index in [0.29, 0.717) is 12.0 Å². The van der Waals surface area contributed by atoms with Gasteiger partial charge in [0.2, 0.25) is 10.0 Å². The fourth-order valence-corrected chi connectivity index (χ4v) is 2.39. The van der Waals surface area contributed by atoms with Gasteiger partial charge in [0.15, 0.2) is 0 Å². The van der Waals surface area contributed by atoms with Crippen molar-refractivity contribution >= 4 is 16.0 Å². The zero-order chi connectivity index (χ0) is 13.8. The van der Waals surface area contributed by atoms with Crippen LogP contribution >= 0.6 is 0 Å². The van der Waals surface area contributed by atoms with Crippen LogP contribution < -0.4 is 0 Å². The van der Waals surface area contributed by atoms with Gasteiger partial charge >= 0.3 is 5.97 Å². The molecule has 18 heavy (non-hydrogen) atoms. The van der Waals surface area contributed by atoms with E-state index in [2.05, 4.69) is 0 Å². The Morgan fingerprint density at radius 1 is 1.33 bits per heavy atom. The molecule has 0 aliphatic heterocycles. The smallest absolute Gasteiger partial charge is 0.335 e. The second kappa shape index (κ2) is 5.97. The third kappa shape index (κ3) is 3.54. The quantitative estimate of drug-likeness (QED) is 0.844. The van der Waals surface area contributed by atoms with E-state index in [0.717, 1.165) is 0 Å². The van der Waals surface area contributed by atoms with Gasteiger partial charge in [-0.05, 0) is 25.0 Å². The SMILES string of the molecule is CCS(=O)(=O)N(C)CCc1ccccc1C(=O)O. The fraction of sp³-hybridized carbons (Fsp3) is 0.417. The number of aromatic carboxylic acids is 1. The summed E-state index contributed by atoms with van der Waals surface area (Å²) in [5, 5.41) is 9.01. The van der Waals surface area contributed by atoms with Crippen LogP contribution in [0.15, 0.2) is 24.3 Å². The van der Waals surface area contributed by atoms with Crippen molar-refractivity contribution in [2.45, 2.75) is 13.3 Å². The molecular weight excluding hydrogens is 254 g/mol. The van der Waals surface area contributed by atoms with Gasteiger partial charge in [-0.2, -0.15) is 0 Å². The number of rotatable bonds is 6. The van der Waals surface area contributed by atoms with E-state index in [1.165, 1.54) is 17.4 Å². The minimum atomic E-state index is -3.22. The first-order chi connectivity index (χ1) is 8.38. The van der Waals surface area contributed by atoms with E-state index in [-0.39, 0.29) is 17.9 Å². The predicted molar refractivity (Wildman–Crippen MR) is 69.2 cm³/mol. The highest BCUT2D eigenvalue weighted by molar-refractivity contribution is 7.89. The molecule has 100 valence electrons. The van der Waals surface area contributed by atoms with Crippen LogP contribution in [-0.4, -0.2) is 43.1 Å². The highest BCUT2D eigenvalue weighted by atomic mass is 32.2. The summed E-state index contributed by atoms with van der Waals surface area (Å²) < 4.78 is 24.4. The van der Waals surface area contributed by atoms with Gasteiger partial charge < -0.3 is 5.11 Å². The predicted octanol–water partition coefficient (Wildman–Crippen LogP) is 1.21. The molecule has 0 unspecified atom stereocenters. The maximum Gasteiger partial charge on any atom is 0.335 e. The highest BCUT2D eigenvalue weighted by Crippen LogP contribution is 2.11. The summed E-state index contributed by atoms with van der Waals surface area (Å²) in [6.45, 7) is 1.86. The van der Waals surface area contributed by atoms with Crippen LogP contribution in [0.3, 0.4) is 0 Å². The lowest BCUT2D eigenvalue weighted by molar-refractivity contribution is 0.0695. The highest BCUT2D eigenvalue weighted by Gasteiger charge is 2.16. The molecule has 1 aromatic carbocycles. The average Bonchev–Trinajstić information content (AvgIpc) is 2.36. The molecule has 1 rings (SSSR count). The summed E-state index contributed by atoms with van der Waals surface area (Å²) in [5.74, 6) is -0.948. The topological polar surface area (TPSA) is 74.7 Å². The van der Waals surface area contributed by atoms with E-state index in [1.54, 1.807) is 25.1 Å². The summed E-state index contributed by atoms with van der Waals surface area (Å²) in [7, 11) is -1.71. The second-order valence-corrected chi connectivity index (χ2v) is 6.30.